The number of carbonyl (C=O) groups excluding carboxylic acids is 1. The Morgan fingerprint density at radius 1 is 1.48 bits per heavy atom. The summed E-state index contributed by atoms with van der Waals surface area (Å²) in [6.45, 7) is 5.23. The Balaban J connectivity index is 1.72. The molecule has 1 N–H and O–H groups in total. The van der Waals surface area contributed by atoms with Crippen LogP contribution in [0.2, 0.25) is 0 Å². The highest BCUT2D eigenvalue weighted by atomic mass is 79.9. The Morgan fingerprint density at radius 3 is 3.14 bits per heavy atom. The molecule has 1 unspecified atom stereocenters. The zero-order valence-electron chi connectivity index (χ0n) is 12.3. The van der Waals surface area contributed by atoms with E-state index in [-0.39, 0.29) is 11.9 Å². The Bertz CT molecular complexity index is 547. The molecule has 3 rings (SSSR count). The third kappa shape index (κ3) is 3.09. The van der Waals surface area contributed by atoms with Gasteiger partial charge in [-0.2, -0.15) is 0 Å². The minimum absolute atomic E-state index is 0.00827. The van der Waals surface area contributed by atoms with Crippen LogP contribution < -0.4 is 10.1 Å². The summed E-state index contributed by atoms with van der Waals surface area (Å²) >= 11 is 3.55. The molecule has 0 bridgehead atoms. The molecule has 1 amide bonds. The van der Waals surface area contributed by atoms with Crippen molar-refractivity contribution in [2.75, 3.05) is 19.7 Å². The van der Waals surface area contributed by atoms with E-state index in [1.165, 1.54) is 5.56 Å². The lowest BCUT2D eigenvalue weighted by Gasteiger charge is -2.19. The lowest BCUT2D eigenvalue weighted by Crippen LogP contribution is -2.38. The standard InChI is InChI=1S/C16H21BrN2O2/c1-2-5-18-14-3-6-19(16(14)20)10-12-9-13(17)8-11-4-7-21-15(11)12/h8-9,14,18H,2-7,10H2,1H3. The quantitative estimate of drug-likeness (QED) is 0.884. The monoisotopic (exact) mass is 352 g/mol. The highest BCUT2D eigenvalue weighted by Crippen LogP contribution is 2.34. The molecule has 2 aliphatic rings. The fraction of sp³-hybridized carbons (Fsp3) is 0.562. The zero-order chi connectivity index (χ0) is 14.8. The molecule has 1 saturated heterocycles. The molecule has 0 radical (unpaired) electrons. The van der Waals surface area contributed by atoms with Crippen LogP contribution >= 0.6 is 15.9 Å². The number of amides is 1. The van der Waals surface area contributed by atoms with Crippen LogP contribution in [0.3, 0.4) is 0 Å². The molecular formula is C16H21BrN2O2. The van der Waals surface area contributed by atoms with Gasteiger partial charge in [0.05, 0.1) is 12.6 Å². The van der Waals surface area contributed by atoms with E-state index in [1.54, 1.807) is 0 Å². The summed E-state index contributed by atoms with van der Waals surface area (Å²) in [6.07, 6.45) is 2.91. The van der Waals surface area contributed by atoms with Crippen molar-refractivity contribution in [1.82, 2.24) is 10.2 Å². The molecule has 1 aromatic rings. The van der Waals surface area contributed by atoms with Gasteiger partial charge in [0, 0.05) is 29.5 Å². The topological polar surface area (TPSA) is 41.6 Å². The summed E-state index contributed by atoms with van der Waals surface area (Å²) in [4.78, 5) is 14.4. The molecule has 0 aliphatic carbocycles. The van der Waals surface area contributed by atoms with E-state index in [0.29, 0.717) is 6.54 Å². The molecule has 21 heavy (non-hydrogen) atoms. The Labute approximate surface area is 134 Å². The first-order valence-electron chi connectivity index (χ1n) is 7.65. The highest BCUT2D eigenvalue weighted by Gasteiger charge is 2.32. The number of hydrogen-bond acceptors (Lipinski definition) is 3. The smallest absolute Gasteiger partial charge is 0.240 e. The molecule has 2 heterocycles. The number of rotatable bonds is 5. The predicted molar refractivity (Wildman–Crippen MR) is 85.5 cm³/mol. The van der Waals surface area contributed by atoms with E-state index in [4.69, 9.17) is 4.74 Å². The van der Waals surface area contributed by atoms with Crippen LogP contribution in [-0.2, 0) is 17.8 Å². The van der Waals surface area contributed by atoms with Gasteiger partial charge in [-0.1, -0.05) is 22.9 Å². The maximum absolute atomic E-state index is 12.4. The van der Waals surface area contributed by atoms with Crippen LogP contribution in [0.25, 0.3) is 0 Å². The Hall–Kier alpha value is -1.07. The van der Waals surface area contributed by atoms with Gasteiger partial charge in [-0.25, -0.2) is 0 Å². The highest BCUT2D eigenvalue weighted by molar-refractivity contribution is 9.10. The van der Waals surface area contributed by atoms with Crippen LogP contribution in [-0.4, -0.2) is 36.5 Å². The third-order valence-electron chi connectivity index (χ3n) is 4.12. The van der Waals surface area contributed by atoms with Crippen LogP contribution in [0, 0.1) is 0 Å². The average Bonchev–Trinajstić information content (AvgIpc) is 3.05. The van der Waals surface area contributed by atoms with E-state index in [1.807, 2.05) is 4.90 Å². The van der Waals surface area contributed by atoms with Gasteiger partial charge in [0.15, 0.2) is 0 Å². The number of ether oxygens (including phenoxy) is 1. The van der Waals surface area contributed by atoms with Crippen molar-refractivity contribution < 1.29 is 9.53 Å². The van der Waals surface area contributed by atoms with Gasteiger partial charge in [0.25, 0.3) is 0 Å². The lowest BCUT2D eigenvalue weighted by molar-refractivity contribution is -0.129. The minimum Gasteiger partial charge on any atom is -0.493 e. The molecule has 2 aliphatic heterocycles. The molecule has 4 nitrogen and oxygen atoms in total. The predicted octanol–water partition coefficient (Wildman–Crippen LogP) is 2.48. The van der Waals surface area contributed by atoms with Crippen LogP contribution in [0.15, 0.2) is 16.6 Å². The molecule has 1 aromatic carbocycles. The Kier molecular flexibility index (Phi) is 4.50. The van der Waals surface area contributed by atoms with Crippen molar-refractivity contribution in [3.05, 3.63) is 27.7 Å². The summed E-state index contributed by atoms with van der Waals surface area (Å²) in [5, 5.41) is 3.33. The average molecular weight is 353 g/mol. The summed E-state index contributed by atoms with van der Waals surface area (Å²) in [7, 11) is 0. The van der Waals surface area contributed by atoms with Gasteiger partial charge in [-0.05, 0) is 37.1 Å². The van der Waals surface area contributed by atoms with Crippen LogP contribution in [0.1, 0.15) is 30.9 Å². The number of halogens is 1. The molecule has 1 fully saturated rings. The summed E-state index contributed by atoms with van der Waals surface area (Å²) < 4.78 is 6.81. The molecule has 114 valence electrons. The first kappa shape index (κ1) is 14.9. The molecule has 1 atom stereocenters. The van der Waals surface area contributed by atoms with E-state index in [9.17, 15) is 4.79 Å². The van der Waals surface area contributed by atoms with Crippen molar-refractivity contribution in [3.63, 3.8) is 0 Å². The zero-order valence-corrected chi connectivity index (χ0v) is 13.9. The van der Waals surface area contributed by atoms with Crippen molar-refractivity contribution in [2.24, 2.45) is 0 Å². The number of benzene rings is 1. The maximum atomic E-state index is 12.4. The number of nitrogens with zero attached hydrogens (tertiary/aromatic N) is 1. The van der Waals surface area contributed by atoms with Crippen molar-refractivity contribution in [2.45, 2.75) is 38.8 Å². The molecular weight excluding hydrogens is 332 g/mol. The van der Waals surface area contributed by atoms with E-state index in [2.05, 4.69) is 40.3 Å². The van der Waals surface area contributed by atoms with Gasteiger partial charge < -0.3 is 15.0 Å². The van der Waals surface area contributed by atoms with Gasteiger partial charge in [0.1, 0.15) is 5.75 Å². The summed E-state index contributed by atoms with van der Waals surface area (Å²) in [5.41, 5.74) is 2.35. The van der Waals surface area contributed by atoms with Gasteiger partial charge in [0.2, 0.25) is 5.91 Å². The molecule has 5 heteroatoms. The maximum Gasteiger partial charge on any atom is 0.240 e. The van der Waals surface area contributed by atoms with Crippen molar-refractivity contribution in [3.8, 4) is 5.75 Å². The number of nitrogens with one attached hydrogen (secondary N) is 1. The van der Waals surface area contributed by atoms with E-state index < -0.39 is 0 Å². The minimum atomic E-state index is -0.00827. The molecule has 0 spiro atoms. The van der Waals surface area contributed by atoms with Crippen molar-refractivity contribution in [1.29, 1.82) is 0 Å². The molecule has 0 saturated carbocycles. The Morgan fingerprint density at radius 2 is 2.33 bits per heavy atom. The normalized spacial score (nSPS) is 20.8. The van der Waals surface area contributed by atoms with Gasteiger partial charge >= 0.3 is 0 Å². The SMILES string of the molecule is CCCNC1CCN(Cc2cc(Br)cc3c2OCC3)C1=O. The largest absolute Gasteiger partial charge is 0.493 e. The van der Waals surface area contributed by atoms with Gasteiger partial charge in [-0.15, -0.1) is 0 Å². The summed E-state index contributed by atoms with van der Waals surface area (Å²) in [5.74, 6) is 1.20. The number of likely N-dealkylation sites (tertiary alicyclic amines) is 1. The van der Waals surface area contributed by atoms with Crippen LogP contribution in [0.4, 0.5) is 0 Å². The van der Waals surface area contributed by atoms with Crippen LogP contribution in [0.5, 0.6) is 5.75 Å². The van der Waals surface area contributed by atoms with E-state index in [0.717, 1.165) is 54.7 Å². The molecule has 0 aromatic heterocycles. The van der Waals surface area contributed by atoms with Crippen molar-refractivity contribution >= 4 is 21.8 Å². The first-order valence-corrected chi connectivity index (χ1v) is 8.44. The van der Waals surface area contributed by atoms with Gasteiger partial charge in [-0.3, -0.25) is 4.79 Å². The fourth-order valence-electron chi connectivity index (χ4n) is 3.07. The number of fused-ring (bicyclic) bond motifs is 1. The fourth-order valence-corrected chi connectivity index (χ4v) is 3.63. The van der Waals surface area contributed by atoms with E-state index >= 15 is 0 Å². The first-order chi connectivity index (χ1) is 10.2. The second-order valence-corrected chi connectivity index (χ2v) is 6.62. The number of carbonyl (C=O) groups is 1. The second kappa shape index (κ2) is 6.36. The lowest BCUT2D eigenvalue weighted by atomic mass is 10.1. The summed E-state index contributed by atoms with van der Waals surface area (Å²) in [6, 6.07) is 4.18. The third-order valence-corrected chi connectivity index (χ3v) is 4.58. The number of hydrogen-bond donors (Lipinski definition) is 1. The second-order valence-electron chi connectivity index (χ2n) is 5.71.